The summed E-state index contributed by atoms with van der Waals surface area (Å²) in [5.74, 6) is 0.534. The minimum absolute atomic E-state index is 0.0855. The van der Waals surface area contributed by atoms with E-state index in [9.17, 15) is 4.39 Å². The summed E-state index contributed by atoms with van der Waals surface area (Å²) in [6.45, 7) is 4.35. The van der Waals surface area contributed by atoms with Gasteiger partial charge in [-0.3, -0.25) is 4.90 Å². The Morgan fingerprint density at radius 1 is 1.18 bits per heavy atom. The fourth-order valence-corrected chi connectivity index (χ4v) is 2.44. The molecule has 0 radical (unpaired) electrons. The fourth-order valence-electron chi connectivity index (χ4n) is 2.44. The summed E-state index contributed by atoms with van der Waals surface area (Å²) >= 11 is 0. The largest absolute Gasteiger partial charge is 0.379 e. The van der Waals surface area contributed by atoms with Crippen LogP contribution in [0.1, 0.15) is 29.9 Å². The molecule has 2 nitrogen and oxygen atoms in total. The van der Waals surface area contributed by atoms with Gasteiger partial charge < -0.3 is 4.74 Å². The molecule has 17 heavy (non-hydrogen) atoms. The lowest BCUT2D eigenvalue weighted by Gasteiger charge is -2.26. The number of halogens is 1. The van der Waals surface area contributed by atoms with Crippen LogP contribution in [0.15, 0.2) is 18.2 Å². The molecular weight excluding hydrogens is 217 g/mol. The normalized spacial score (nSPS) is 21.7. The maximum Gasteiger partial charge on any atom is 0.123 e. The van der Waals surface area contributed by atoms with Gasteiger partial charge in [0.25, 0.3) is 0 Å². The van der Waals surface area contributed by atoms with Gasteiger partial charge in [-0.15, -0.1) is 0 Å². The van der Waals surface area contributed by atoms with E-state index in [2.05, 4.69) is 11.0 Å². The van der Waals surface area contributed by atoms with Crippen LogP contribution in [0.4, 0.5) is 4.39 Å². The van der Waals surface area contributed by atoms with Gasteiger partial charge in [-0.05, 0) is 42.0 Å². The molecule has 0 unspecified atom stereocenters. The molecule has 1 saturated carbocycles. The first-order valence-corrected chi connectivity index (χ1v) is 6.41. The smallest absolute Gasteiger partial charge is 0.123 e. The first kappa shape index (κ1) is 11.2. The van der Waals surface area contributed by atoms with Crippen molar-refractivity contribution in [3.05, 3.63) is 35.1 Å². The van der Waals surface area contributed by atoms with Crippen molar-refractivity contribution in [2.45, 2.75) is 25.3 Å². The average molecular weight is 235 g/mol. The van der Waals surface area contributed by atoms with Crippen molar-refractivity contribution in [1.29, 1.82) is 0 Å². The van der Waals surface area contributed by atoms with E-state index in [0.717, 1.165) is 38.4 Å². The minimum atomic E-state index is -0.0855. The molecule has 1 aliphatic heterocycles. The summed E-state index contributed by atoms with van der Waals surface area (Å²) in [6, 6.07) is 5.54. The van der Waals surface area contributed by atoms with Gasteiger partial charge in [0.15, 0.2) is 0 Å². The van der Waals surface area contributed by atoms with Gasteiger partial charge in [-0.2, -0.15) is 0 Å². The van der Waals surface area contributed by atoms with Crippen LogP contribution in [0.2, 0.25) is 0 Å². The second kappa shape index (κ2) is 4.75. The van der Waals surface area contributed by atoms with Gasteiger partial charge in [0.2, 0.25) is 0 Å². The van der Waals surface area contributed by atoms with Crippen LogP contribution in [0, 0.1) is 5.82 Å². The van der Waals surface area contributed by atoms with Crippen molar-refractivity contribution >= 4 is 0 Å². The van der Waals surface area contributed by atoms with Gasteiger partial charge >= 0.3 is 0 Å². The highest BCUT2D eigenvalue weighted by Crippen LogP contribution is 2.40. The first-order chi connectivity index (χ1) is 8.31. The maximum absolute atomic E-state index is 13.5. The molecule has 2 aliphatic rings. The molecule has 3 rings (SSSR count). The van der Waals surface area contributed by atoms with E-state index < -0.39 is 0 Å². The Morgan fingerprint density at radius 2 is 1.94 bits per heavy atom. The third-order valence-electron chi connectivity index (χ3n) is 3.54. The molecule has 2 fully saturated rings. The minimum Gasteiger partial charge on any atom is -0.379 e. The molecule has 1 aliphatic carbocycles. The summed E-state index contributed by atoms with van der Waals surface area (Å²) in [6.07, 6.45) is 2.45. The molecule has 1 heterocycles. The number of morpholine rings is 1. The van der Waals surface area contributed by atoms with Crippen LogP contribution >= 0.6 is 0 Å². The Kier molecular flexibility index (Phi) is 3.12. The van der Waals surface area contributed by atoms with E-state index in [-0.39, 0.29) is 5.82 Å². The summed E-state index contributed by atoms with van der Waals surface area (Å²) < 4.78 is 18.8. The highest BCUT2D eigenvalue weighted by atomic mass is 19.1. The third-order valence-corrected chi connectivity index (χ3v) is 3.54. The zero-order chi connectivity index (χ0) is 11.7. The number of ether oxygens (including phenoxy) is 1. The third kappa shape index (κ3) is 2.85. The van der Waals surface area contributed by atoms with E-state index in [4.69, 9.17) is 4.74 Å². The fraction of sp³-hybridized carbons (Fsp3) is 0.571. The lowest BCUT2D eigenvalue weighted by molar-refractivity contribution is 0.0341. The average Bonchev–Trinajstić information content (AvgIpc) is 3.13. The molecule has 0 aromatic heterocycles. The molecule has 0 N–H and O–H groups in total. The Morgan fingerprint density at radius 3 is 2.65 bits per heavy atom. The molecule has 1 aromatic carbocycles. The summed E-state index contributed by atoms with van der Waals surface area (Å²) in [4.78, 5) is 2.33. The SMILES string of the molecule is Fc1cc(CN2CCOCC2)cc(C2CC2)c1. The number of rotatable bonds is 3. The van der Waals surface area contributed by atoms with Gasteiger partial charge in [0.05, 0.1) is 13.2 Å². The first-order valence-electron chi connectivity index (χ1n) is 6.41. The summed E-state index contributed by atoms with van der Waals surface area (Å²) in [5, 5.41) is 0. The number of benzene rings is 1. The van der Waals surface area contributed by atoms with Gasteiger partial charge in [0, 0.05) is 19.6 Å². The molecule has 0 atom stereocenters. The van der Waals surface area contributed by atoms with Crippen LogP contribution in [-0.2, 0) is 11.3 Å². The molecule has 0 bridgehead atoms. The Hall–Kier alpha value is -0.930. The van der Waals surface area contributed by atoms with Crippen molar-refractivity contribution < 1.29 is 9.13 Å². The maximum atomic E-state index is 13.5. The number of hydrogen-bond acceptors (Lipinski definition) is 2. The van der Waals surface area contributed by atoms with Gasteiger partial charge in [-0.25, -0.2) is 4.39 Å². The predicted octanol–water partition coefficient (Wildman–Crippen LogP) is 2.54. The second-order valence-electron chi connectivity index (χ2n) is 5.06. The van der Waals surface area contributed by atoms with Gasteiger partial charge in [0.1, 0.15) is 5.82 Å². The van der Waals surface area contributed by atoms with E-state index in [1.54, 1.807) is 12.1 Å². The van der Waals surface area contributed by atoms with Crippen molar-refractivity contribution in [3.63, 3.8) is 0 Å². The van der Waals surface area contributed by atoms with Crippen LogP contribution in [-0.4, -0.2) is 31.2 Å². The van der Waals surface area contributed by atoms with Crippen LogP contribution in [0.5, 0.6) is 0 Å². The lowest BCUT2D eigenvalue weighted by atomic mass is 10.1. The monoisotopic (exact) mass is 235 g/mol. The van der Waals surface area contributed by atoms with E-state index in [1.807, 2.05) is 0 Å². The molecular formula is C14H18FNO. The standard InChI is InChI=1S/C14H18FNO/c15-14-8-11(7-13(9-14)12-1-2-12)10-16-3-5-17-6-4-16/h7-9,12H,1-6,10H2. The summed E-state index contributed by atoms with van der Waals surface area (Å²) in [5.41, 5.74) is 2.29. The van der Waals surface area contributed by atoms with Crippen molar-refractivity contribution in [2.24, 2.45) is 0 Å². The van der Waals surface area contributed by atoms with E-state index >= 15 is 0 Å². The Balaban J connectivity index is 1.72. The predicted molar refractivity (Wildman–Crippen MR) is 64.5 cm³/mol. The zero-order valence-electron chi connectivity index (χ0n) is 9.99. The molecule has 1 saturated heterocycles. The highest BCUT2D eigenvalue weighted by molar-refractivity contribution is 5.30. The zero-order valence-corrected chi connectivity index (χ0v) is 9.99. The molecule has 0 amide bonds. The van der Waals surface area contributed by atoms with E-state index in [1.165, 1.54) is 18.4 Å². The van der Waals surface area contributed by atoms with E-state index in [0.29, 0.717) is 5.92 Å². The summed E-state index contributed by atoms with van der Waals surface area (Å²) in [7, 11) is 0. The second-order valence-corrected chi connectivity index (χ2v) is 5.06. The molecule has 3 heteroatoms. The van der Waals surface area contributed by atoms with Gasteiger partial charge in [-0.1, -0.05) is 6.07 Å². The van der Waals surface area contributed by atoms with Crippen LogP contribution in [0.25, 0.3) is 0 Å². The highest BCUT2D eigenvalue weighted by Gasteiger charge is 2.24. The number of hydrogen-bond donors (Lipinski definition) is 0. The molecule has 0 spiro atoms. The van der Waals surface area contributed by atoms with Crippen LogP contribution in [0.3, 0.4) is 0 Å². The van der Waals surface area contributed by atoms with Crippen molar-refractivity contribution in [2.75, 3.05) is 26.3 Å². The van der Waals surface area contributed by atoms with Crippen LogP contribution < -0.4 is 0 Å². The quantitative estimate of drug-likeness (QED) is 0.798. The lowest BCUT2D eigenvalue weighted by Crippen LogP contribution is -2.35. The number of nitrogens with zero attached hydrogens (tertiary/aromatic N) is 1. The topological polar surface area (TPSA) is 12.5 Å². The Labute approximate surface area is 101 Å². The molecule has 92 valence electrons. The van der Waals surface area contributed by atoms with Crippen molar-refractivity contribution in [1.82, 2.24) is 4.90 Å². The van der Waals surface area contributed by atoms with Crippen molar-refractivity contribution in [3.8, 4) is 0 Å². The Bertz CT molecular complexity index is 397. The molecule has 1 aromatic rings.